The number of benzene rings is 1. The van der Waals surface area contributed by atoms with Gasteiger partial charge in [-0.3, -0.25) is 4.79 Å². The van der Waals surface area contributed by atoms with Crippen molar-refractivity contribution in [3.05, 3.63) is 24.3 Å². The zero-order valence-corrected chi connectivity index (χ0v) is 12.5. The van der Waals surface area contributed by atoms with E-state index in [1.165, 1.54) is 0 Å². The molecule has 7 nitrogen and oxygen atoms in total. The minimum atomic E-state index is -3.90. The number of thiazole rings is 1. The number of hydrogen-bond acceptors (Lipinski definition) is 6. The topological polar surface area (TPSA) is 99.6 Å². The second kappa shape index (κ2) is 5.34. The number of piperazine rings is 1. The Hall–Kier alpha value is -1.55. The monoisotopic (exact) mass is 327 g/mol. The Kier molecular flexibility index (Phi) is 3.66. The molecule has 3 rings (SSSR count). The van der Waals surface area contributed by atoms with Gasteiger partial charge < -0.3 is 10.4 Å². The van der Waals surface area contributed by atoms with Gasteiger partial charge in [0.15, 0.2) is 0 Å². The fraction of sp³-hybridized carbons (Fsp3) is 0.333. The van der Waals surface area contributed by atoms with Crippen LogP contribution in [0.5, 0.6) is 0 Å². The summed E-state index contributed by atoms with van der Waals surface area (Å²) in [6.07, 6.45) is 0. The lowest BCUT2D eigenvalue weighted by Crippen LogP contribution is -2.56. The molecule has 1 aliphatic rings. The van der Waals surface area contributed by atoms with E-state index in [-0.39, 0.29) is 17.4 Å². The molecule has 9 heteroatoms. The maximum Gasteiger partial charge on any atom is 0.323 e. The van der Waals surface area contributed by atoms with Crippen molar-refractivity contribution in [2.75, 3.05) is 19.6 Å². The van der Waals surface area contributed by atoms with Crippen molar-refractivity contribution in [3.63, 3.8) is 0 Å². The van der Waals surface area contributed by atoms with Crippen molar-refractivity contribution in [2.24, 2.45) is 0 Å². The van der Waals surface area contributed by atoms with Gasteiger partial charge >= 0.3 is 5.97 Å². The number of aliphatic carboxylic acids is 1. The van der Waals surface area contributed by atoms with E-state index in [9.17, 15) is 18.3 Å². The minimum absolute atomic E-state index is 0.0585. The van der Waals surface area contributed by atoms with Crippen LogP contribution in [0.4, 0.5) is 0 Å². The van der Waals surface area contributed by atoms with Gasteiger partial charge in [-0.25, -0.2) is 13.4 Å². The molecule has 1 atom stereocenters. The number of carbonyl (C=O) groups is 1. The fourth-order valence-corrected chi connectivity index (χ4v) is 5.17. The standard InChI is InChI=1S/C12H13N3O4S2/c16-11(17)9-7-13-5-6-15(9)21(18,19)12-14-8-3-1-2-4-10(8)20-12/h1-4,9,13H,5-7H2,(H,16,17)/t9-/m0/s1. The number of para-hydroxylation sites is 1. The maximum absolute atomic E-state index is 12.7. The van der Waals surface area contributed by atoms with Crippen LogP contribution >= 0.6 is 11.3 Å². The number of sulfonamides is 1. The highest BCUT2D eigenvalue weighted by atomic mass is 32.2. The molecule has 21 heavy (non-hydrogen) atoms. The maximum atomic E-state index is 12.7. The molecule has 0 radical (unpaired) electrons. The van der Waals surface area contributed by atoms with Crippen molar-refractivity contribution in [1.29, 1.82) is 0 Å². The molecule has 0 bridgehead atoms. The van der Waals surface area contributed by atoms with Crippen LogP contribution in [-0.4, -0.2) is 54.5 Å². The third-order valence-electron chi connectivity index (χ3n) is 3.28. The second-order valence-electron chi connectivity index (χ2n) is 4.62. The highest BCUT2D eigenvalue weighted by molar-refractivity contribution is 7.91. The van der Waals surface area contributed by atoms with Gasteiger partial charge in [0.1, 0.15) is 6.04 Å². The molecule has 0 unspecified atom stereocenters. The predicted molar refractivity (Wildman–Crippen MR) is 77.8 cm³/mol. The van der Waals surface area contributed by atoms with Gasteiger partial charge in [0, 0.05) is 19.6 Å². The Labute approximate surface area is 125 Å². The van der Waals surface area contributed by atoms with Crippen LogP contribution in [-0.2, 0) is 14.8 Å². The zero-order chi connectivity index (χ0) is 15.0. The van der Waals surface area contributed by atoms with Crippen LogP contribution in [0.25, 0.3) is 10.2 Å². The molecule has 1 saturated heterocycles. The van der Waals surface area contributed by atoms with Crippen LogP contribution in [0.15, 0.2) is 28.6 Å². The molecular formula is C12H13N3O4S2. The van der Waals surface area contributed by atoms with Gasteiger partial charge in [0.25, 0.3) is 10.0 Å². The quantitative estimate of drug-likeness (QED) is 0.843. The molecule has 2 heterocycles. The largest absolute Gasteiger partial charge is 0.480 e. The minimum Gasteiger partial charge on any atom is -0.480 e. The molecular weight excluding hydrogens is 314 g/mol. The molecule has 1 aromatic heterocycles. The highest BCUT2D eigenvalue weighted by Crippen LogP contribution is 2.28. The smallest absolute Gasteiger partial charge is 0.323 e. The van der Waals surface area contributed by atoms with Crippen LogP contribution in [0.1, 0.15) is 0 Å². The molecule has 0 saturated carbocycles. The number of carboxylic acid groups (broad SMARTS) is 1. The summed E-state index contributed by atoms with van der Waals surface area (Å²) in [5, 5.41) is 12.1. The Bertz CT molecular complexity index is 754. The molecule has 112 valence electrons. The summed E-state index contributed by atoms with van der Waals surface area (Å²) in [5.41, 5.74) is 0.600. The van der Waals surface area contributed by atoms with E-state index in [0.717, 1.165) is 20.3 Å². The summed E-state index contributed by atoms with van der Waals surface area (Å²) in [4.78, 5) is 15.4. The van der Waals surface area contributed by atoms with Gasteiger partial charge in [-0.05, 0) is 12.1 Å². The lowest BCUT2D eigenvalue weighted by atomic mass is 10.2. The molecule has 1 aliphatic heterocycles. The van der Waals surface area contributed by atoms with Crippen LogP contribution in [0, 0.1) is 0 Å². The Morgan fingerprint density at radius 1 is 1.43 bits per heavy atom. The SMILES string of the molecule is O=C(O)[C@@H]1CNCCN1S(=O)(=O)c1nc2ccccc2s1. The first-order valence-electron chi connectivity index (χ1n) is 6.31. The third-order valence-corrected chi connectivity index (χ3v) is 6.58. The number of fused-ring (bicyclic) bond motifs is 1. The average Bonchev–Trinajstić information content (AvgIpc) is 2.92. The summed E-state index contributed by atoms with van der Waals surface area (Å²) in [6, 6.07) is 6.01. The Balaban J connectivity index is 2.04. The Morgan fingerprint density at radius 3 is 2.90 bits per heavy atom. The average molecular weight is 327 g/mol. The number of nitrogens with zero attached hydrogens (tertiary/aromatic N) is 2. The van der Waals surface area contributed by atoms with Gasteiger partial charge in [-0.15, -0.1) is 11.3 Å². The van der Waals surface area contributed by atoms with Crippen LogP contribution in [0.3, 0.4) is 0 Å². The number of hydrogen-bond donors (Lipinski definition) is 2. The summed E-state index contributed by atoms with van der Waals surface area (Å²) >= 11 is 1.06. The molecule has 0 aliphatic carbocycles. The molecule has 2 N–H and O–H groups in total. The van der Waals surface area contributed by atoms with Crippen LogP contribution in [0.2, 0.25) is 0 Å². The van der Waals surface area contributed by atoms with E-state index in [1.54, 1.807) is 18.2 Å². The lowest BCUT2D eigenvalue weighted by Gasteiger charge is -2.31. The van der Waals surface area contributed by atoms with E-state index in [1.807, 2.05) is 6.07 Å². The van der Waals surface area contributed by atoms with E-state index in [4.69, 9.17) is 0 Å². The van der Waals surface area contributed by atoms with Gasteiger partial charge in [-0.2, -0.15) is 4.31 Å². The number of carboxylic acids is 1. The van der Waals surface area contributed by atoms with Crippen molar-refractivity contribution in [2.45, 2.75) is 10.4 Å². The van der Waals surface area contributed by atoms with E-state index in [0.29, 0.717) is 12.1 Å². The van der Waals surface area contributed by atoms with Crippen molar-refractivity contribution >= 4 is 37.5 Å². The zero-order valence-electron chi connectivity index (χ0n) is 10.9. The van der Waals surface area contributed by atoms with E-state index < -0.39 is 22.0 Å². The van der Waals surface area contributed by atoms with Crippen molar-refractivity contribution < 1.29 is 18.3 Å². The molecule has 0 amide bonds. The van der Waals surface area contributed by atoms with Crippen molar-refractivity contribution in [3.8, 4) is 0 Å². The molecule has 1 aromatic carbocycles. The van der Waals surface area contributed by atoms with Crippen LogP contribution < -0.4 is 5.32 Å². The predicted octanol–water partition coefficient (Wildman–Crippen LogP) is 0.343. The normalized spacial score (nSPS) is 20.7. The van der Waals surface area contributed by atoms with E-state index in [2.05, 4.69) is 10.3 Å². The highest BCUT2D eigenvalue weighted by Gasteiger charge is 2.39. The Morgan fingerprint density at radius 2 is 2.19 bits per heavy atom. The second-order valence-corrected chi connectivity index (χ2v) is 7.72. The summed E-state index contributed by atoms with van der Waals surface area (Å²) < 4.78 is 27.0. The molecule has 0 spiro atoms. The lowest BCUT2D eigenvalue weighted by molar-refractivity contribution is -0.141. The first-order valence-corrected chi connectivity index (χ1v) is 8.57. The van der Waals surface area contributed by atoms with E-state index >= 15 is 0 Å². The first-order chi connectivity index (χ1) is 10.00. The van der Waals surface area contributed by atoms with Gasteiger partial charge in [0.2, 0.25) is 4.34 Å². The number of nitrogens with one attached hydrogen (secondary N) is 1. The summed E-state index contributed by atoms with van der Waals surface area (Å²) in [5.74, 6) is -1.16. The van der Waals surface area contributed by atoms with Gasteiger partial charge in [0.05, 0.1) is 10.2 Å². The number of rotatable bonds is 3. The third kappa shape index (κ3) is 2.53. The summed E-state index contributed by atoms with van der Waals surface area (Å²) in [7, 11) is -3.90. The first kappa shape index (κ1) is 14.4. The summed E-state index contributed by atoms with van der Waals surface area (Å²) in [6.45, 7) is 0.641. The number of aromatic nitrogens is 1. The molecule has 2 aromatic rings. The fourth-order valence-electron chi connectivity index (χ4n) is 2.25. The molecule has 1 fully saturated rings. The van der Waals surface area contributed by atoms with Crippen molar-refractivity contribution in [1.82, 2.24) is 14.6 Å². The van der Waals surface area contributed by atoms with Gasteiger partial charge in [-0.1, -0.05) is 12.1 Å².